The Morgan fingerprint density at radius 3 is 2.00 bits per heavy atom. The Hall–Kier alpha value is -1.48. The van der Waals surface area contributed by atoms with E-state index < -0.39 is 5.38 Å². The molecule has 0 aromatic heterocycles. The lowest BCUT2D eigenvalue weighted by Crippen LogP contribution is -2.03. The van der Waals surface area contributed by atoms with Gasteiger partial charge in [0, 0.05) is 11.1 Å². The molecule has 0 radical (unpaired) electrons. The molecule has 1 aromatic carbocycles. The number of rotatable bonds is 4. The maximum atomic E-state index is 11.0. The molecule has 0 aliphatic rings. The molecule has 15 heavy (non-hydrogen) atoms. The lowest BCUT2D eigenvalue weighted by Gasteiger charge is -2.07. The highest BCUT2D eigenvalue weighted by atomic mass is 35.5. The molecular weight excluding hydrogens is 216 g/mol. The van der Waals surface area contributed by atoms with Crippen molar-refractivity contribution in [3.05, 3.63) is 34.9 Å². The molecule has 0 amide bonds. The summed E-state index contributed by atoms with van der Waals surface area (Å²) in [7, 11) is 0. The third-order valence-corrected chi connectivity index (χ3v) is 2.48. The van der Waals surface area contributed by atoms with Crippen molar-refractivity contribution in [2.75, 3.05) is 0 Å². The first-order chi connectivity index (χ1) is 7.08. The van der Waals surface area contributed by atoms with Gasteiger partial charge in [-0.3, -0.25) is 14.4 Å². The first kappa shape index (κ1) is 11.6. The fourth-order valence-corrected chi connectivity index (χ4v) is 1.35. The number of alkyl halides is 1. The van der Waals surface area contributed by atoms with Crippen LogP contribution in [0.3, 0.4) is 0 Å². The molecule has 0 saturated carbocycles. The van der Waals surface area contributed by atoms with Gasteiger partial charge < -0.3 is 0 Å². The van der Waals surface area contributed by atoms with Crippen LogP contribution in [0.5, 0.6) is 0 Å². The van der Waals surface area contributed by atoms with Gasteiger partial charge in [0.2, 0.25) is 0 Å². The molecule has 1 aromatic rings. The van der Waals surface area contributed by atoms with E-state index in [1.165, 1.54) is 25.1 Å². The normalized spacial score (nSPS) is 11.9. The van der Waals surface area contributed by atoms with Gasteiger partial charge in [-0.25, -0.2) is 0 Å². The third kappa shape index (κ3) is 2.73. The van der Waals surface area contributed by atoms with Crippen molar-refractivity contribution in [3.63, 3.8) is 0 Å². The standard InChI is InChI=1S/C11H9ClO3/c1-7(15)11(12)10-3-8(5-13)2-9(4-10)6-14/h2-6,11H,1H3. The van der Waals surface area contributed by atoms with Crippen LogP contribution in [0.15, 0.2) is 18.2 Å². The van der Waals surface area contributed by atoms with Crippen LogP contribution in [0.4, 0.5) is 0 Å². The van der Waals surface area contributed by atoms with Gasteiger partial charge in [-0.2, -0.15) is 0 Å². The van der Waals surface area contributed by atoms with Crippen molar-refractivity contribution in [2.24, 2.45) is 0 Å². The minimum absolute atomic E-state index is 0.225. The van der Waals surface area contributed by atoms with Gasteiger partial charge in [0.05, 0.1) is 0 Å². The second-order valence-electron chi connectivity index (χ2n) is 3.14. The molecule has 4 heteroatoms. The second-order valence-corrected chi connectivity index (χ2v) is 3.58. The van der Waals surface area contributed by atoms with Crippen LogP contribution in [0.1, 0.15) is 38.6 Å². The van der Waals surface area contributed by atoms with E-state index in [0.29, 0.717) is 29.3 Å². The van der Waals surface area contributed by atoms with Crippen LogP contribution in [0.2, 0.25) is 0 Å². The van der Waals surface area contributed by atoms with Crippen LogP contribution in [0.25, 0.3) is 0 Å². The Morgan fingerprint density at radius 2 is 1.67 bits per heavy atom. The molecule has 0 aliphatic carbocycles. The smallest absolute Gasteiger partial charge is 0.152 e. The molecule has 0 N–H and O–H groups in total. The summed E-state index contributed by atoms with van der Waals surface area (Å²) in [5.41, 5.74) is 1.14. The first-order valence-electron chi connectivity index (χ1n) is 4.28. The Morgan fingerprint density at radius 1 is 1.20 bits per heavy atom. The lowest BCUT2D eigenvalue weighted by atomic mass is 10.0. The van der Waals surface area contributed by atoms with E-state index in [9.17, 15) is 14.4 Å². The van der Waals surface area contributed by atoms with Crippen LogP contribution >= 0.6 is 11.6 Å². The average molecular weight is 225 g/mol. The molecule has 0 heterocycles. The SMILES string of the molecule is CC(=O)C(Cl)c1cc(C=O)cc(C=O)c1. The summed E-state index contributed by atoms with van der Waals surface area (Å²) >= 11 is 5.82. The Labute approximate surface area is 92.0 Å². The van der Waals surface area contributed by atoms with Gasteiger partial charge in [0.1, 0.15) is 17.9 Å². The number of hydrogen-bond donors (Lipinski definition) is 0. The average Bonchev–Trinajstić information content (AvgIpc) is 2.27. The highest BCUT2D eigenvalue weighted by Crippen LogP contribution is 2.23. The second kappa shape index (κ2) is 4.84. The Balaban J connectivity index is 3.23. The number of Topliss-reactive ketones (excluding diaryl/α,β-unsaturated/α-hetero) is 1. The van der Waals surface area contributed by atoms with E-state index in [-0.39, 0.29) is 5.78 Å². The van der Waals surface area contributed by atoms with Crippen molar-refractivity contribution in [1.29, 1.82) is 0 Å². The number of hydrogen-bond acceptors (Lipinski definition) is 3. The summed E-state index contributed by atoms with van der Waals surface area (Å²) in [5, 5.41) is -0.816. The van der Waals surface area contributed by atoms with Gasteiger partial charge in [-0.1, -0.05) is 0 Å². The summed E-state index contributed by atoms with van der Waals surface area (Å²) in [5.74, 6) is -0.225. The van der Waals surface area contributed by atoms with Crippen LogP contribution in [0, 0.1) is 0 Å². The van der Waals surface area contributed by atoms with Crippen LogP contribution in [-0.4, -0.2) is 18.4 Å². The van der Waals surface area contributed by atoms with E-state index in [4.69, 9.17) is 11.6 Å². The summed E-state index contributed by atoms with van der Waals surface area (Å²) in [6.45, 7) is 1.35. The zero-order valence-corrected chi connectivity index (χ0v) is 8.82. The van der Waals surface area contributed by atoms with E-state index in [1.807, 2.05) is 0 Å². The highest BCUT2D eigenvalue weighted by Gasteiger charge is 2.14. The number of benzene rings is 1. The third-order valence-electron chi connectivity index (χ3n) is 1.92. The minimum atomic E-state index is -0.816. The fraction of sp³-hybridized carbons (Fsp3) is 0.182. The predicted octanol–water partition coefficient (Wildman–Crippen LogP) is 2.18. The number of aldehydes is 2. The Bertz CT molecular complexity index is 386. The lowest BCUT2D eigenvalue weighted by molar-refractivity contribution is -0.116. The molecule has 0 aliphatic heterocycles. The zero-order valence-electron chi connectivity index (χ0n) is 8.07. The summed E-state index contributed by atoms with van der Waals surface area (Å²) in [6.07, 6.45) is 1.22. The quantitative estimate of drug-likeness (QED) is 0.582. The zero-order chi connectivity index (χ0) is 11.4. The van der Waals surface area contributed by atoms with Crippen molar-refractivity contribution in [1.82, 2.24) is 0 Å². The predicted molar refractivity (Wildman–Crippen MR) is 56.5 cm³/mol. The topological polar surface area (TPSA) is 51.2 Å². The van der Waals surface area contributed by atoms with Crippen LogP contribution < -0.4 is 0 Å². The van der Waals surface area contributed by atoms with Crippen molar-refractivity contribution < 1.29 is 14.4 Å². The summed E-state index contributed by atoms with van der Waals surface area (Å²) in [6, 6.07) is 4.44. The van der Waals surface area contributed by atoms with Gasteiger partial charge in [0.25, 0.3) is 0 Å². The van der Waals surface area contributed by atoms with Crippen molar-refractivity contribution in [2.45, 2.75) is 12.3 Å². The molecule has 1 atom stereocenters. The van der Waals surface area contributed by atoms with Gasteiger partial charge in [-0.05, 0) is 30.7 Å². The minimum Gasteiger partial charge on any atom is -0.298 e. The molecule has 1 rings (SSSR count). The van der Waals surface area contributed by atoms with Gasteiger partial charge in [0.15, 0.2) is 5.78 Å². The monoisotopic (exact) mass is 224 g/mol. The molecule has 0 bridgehead atoms. The molecule has 0 spiro atoms. The first-order valence-corrected chi connectivity index (χ1v) is 4.72. The molecule has 0 fully saturated rings. The molecular formula is C11H9ClO3. The Kier molecular flexibility index (Phi) is 3.74. The number of ketones is 1. The maximum absolute atomic E-state index is 11.0. The molecule has 0 saturated heterocycles. The fourth-order valence-electron chi connectivity index (χ4n) is 1.22. The largest absolute Gasteiger partial charge is 0.298 e. The van der Waals surface area contributed by atoms with Crippen molar-refractivity contribution >= 4 is 30.0 Å². The number of carbonyl (C=O) groups excluding carboxylic acids is 3. The number of carbonyl (C=O) groups is 3. The molecule has 1 unspecified atom stereocenters. The van der Waals surface area contributed by atoms with Gasteiger partial charge in [-0.15, -0.1) is 11.6 Å². The molecule has 3 nitrogen and oxygen atoms in total. The molecule has 78 valence electrons. The van der Waals surface area contributed by atoms with E-state index in [0.717, 1.165) is 0 Å². The summed E-state index contributed by atoms with van der Waals surface area (Å²) in [4.78, 5) is 32.2. The summed E-state index contributed by atoms with van der Waals surface area (Å²) < 4.78 is 0. The van der Waals surface area contributed by atoms with E-state index in [1.54, 1.807) is 0 Å². The number of halogens is 1. The van der Waals surface area contributed by atoms with E-state index >= 15 is 0 Å². The van der Waals surface area contributed by atoms with Crippen LogP contribution in [-0.2, 0) is 4.79 Å². The van der Waals surface area contributed by atoms with Crippen molar-refractivity contribution in [3.8, 4) is 0 Å². The van der Waals surface area contributed by atoms with Gasteiger partial charge >= 0.3 is 0 Å². The maximum Gasteiger partial charge on any atom is 0.152 e. The highest BCUT2D eigenvalue weighted by molar-refractivity contribution is 6.30. The van der Waals surface area contributed by atoms with E-state index in [2.05, 4.69) is 0 Å².